The van der Waals surface area contributed by atoms with E-state index in [1.165, 1.54) is 0 Å². The zero-order chi connectivity index (χ0) is 27.0. The lowest BCUT2D eigenvalue weighted by molar-refractivity contribution is -0.320. The number of nitrogens with two attached hydrogens (primary N) is 1. The Morgan fingerprint density at radius 1 is 0.886 bits per heavy atom. The largest absolute Gasteiger partial charge is 0.550 e. The maximum atomic E-state index is 12.3. The summed E-state index contributed by atoms with van der Waals surface area (Å²) in [6.45, 7) is 5.85. The maximum absolute atomic E-state index is 12.3. The van der Waals surface area contributed by atoms with Crippen LogP contribution in [-0.2, 0) is 19.1 Å². The molecule has 0 saturated heterocycles. The SMILES string of the molecule is CCC(C)C(OC(=O)CC(CC(=O)[O-])C(=O)[O-])C(O)CC(C)CCCCCCC(O)CC(O)CN. The fourth-order valence-corrected chi connectivity index (χ4v) is 4.07. The van der Waals surface area contributed by atoms with Gasteiger partial charge in [0, 0.05) is 30.8 Å². The van der Waals surface area contributed by atoms with Gasteiger partial charge < -0.3 is 45.6 Å². The summed E-state index contributed by atoms with van der Waals surface area (Å²) in [6, 6.07) is 0. The molecule has 0 rings (SSSR count). The third-order valence-corrected chi connectivity index (χ3v) is 6.46. The second kappa shape index (κ2) is 18.5. The normalized spacial score (nSPS) is 17.6. The van der Waals surface area contributed by atoms with E-state index in [0.717, 1.165) is 32.1 Å². The van der Waals surface area contributed by atoms with Crippen LogP contribution in [0.1, 0.15) is 91.4 Å². The van der Waals surface area contributed by atoms with Gasteiger partial charge in [-0.3, -0.25) is 4.79 Å². The van der Waals surface area contributed by atoms with Crippen LogP contribution in [0.3, 0.4) is 0 Å². The van der Waals surface area contributed by atoms with Crippen molar-refractivity contribution in [2.24, 2.45) is 23.5 Å². The van der Waals surface area contributed by atoms with Crippen molar-refractivity contribution in [3.05, 3.63) is 0 Å². The number of aliphatic carboxylic acids is 2. The summed E-state index contributed by atoms with van der Waals surface area (Å²) >= 11 is 0. The van der Waals surface area contributed by atoms with Crippen molar-refractivity contribution < 1.29 is 44.7 Å². The van der Waals surface area contributed by atoms with Crippen molar-refractivity contribution in [2.45, 2.75) is 116 Å². The third kappa shape index (κ3) is 15.8. The highest BCUT2D eigenvalue weighted by atomic mass is 16.6. The summed E-state index contributed by atoms with van der Waals surface area (Å²) in [5.41, 5.74) is 5.34. The molecule has 35 heavy (non-hydrogen) atoms. The average Bonchev–Trinajstić information content (AvgIpc) is 2.78. The number of esters is 1. The van der Waals surface area contributed by atoms with E-state index in [9.17, 15) is 39.9 Å². The van der Waals surface area contributed by atoms with Gasteiger partial charge in [0.25, 0.3) is 0 Å². The molecular formula is C25H45NO9-2. The molecule has 0 aromatic heterocycles. The van der Waals surface area contributed by atoms with Crippen LogP contribution in [0.2, 0.25) is 0 Å². The number of rotatable bonds is 21. The second-order valence-corrected chi connectivity index (χ2v) is 9.82. The van der Waals surface area contributed by atoms with E-state index in [4.69, 9.17) is 10.5 Å². The molecule has 0 aromatic rings. The molecule has 7 unspecified atom stereocenters. The van der Waals surface area contributed by atoms with Gasteiger partial charge in [-0.05, 0) is 37.5 Å². The van der Waals surface area contributed by atoms with Crippen LogP contribution in [0.25, 0.3) is 0 Å². The van der Waals surface area contributed by atoms with Crippen molar-refractivity contribution in [1.29, 1.82) is 0 Å². The van der Waals surface area contributed by atoms with Gasteiger partial charge in [-0.1, -0.05) is 52.9 Å². The number of aliphatic hydroxyl groups excluding tert-OH is 3. The van der Waals surface area contributed by atoms with E-state index in [2.05, 4.69) is 0 Å². The van der Waals surface area contributed by atoms with Crippen molar-refractivity contribution >= 4 is 17.9 Å². The molecule has 0 bridgehead atoms. The van der Waals surface area contributed by atoms with Crippen LogP contribution < -0.4 is 15.9 Å². The summed E-state index contributed by atoms with van der Waals surface area (Å²) < 4.78 is 5.40. The zero-order valence-corrected chi connectivity index (χ0v) is 21.4. The van der Waals surface area contributed by atoms with E-state index in [1.54, 1.807) is 0 Å². The van der Waals surface area contributed by atoms with Gasteiger partial charge in [-0.25, -0.2) is 0 Å². The molecule has 0 amide bonds. The molecule has 206 valence electrons. The molecule has 10 heteroatoms. The summed E-state index contributed by atoms with van der Waals surface area (Å²) in [5, 5.41) is 51.8. The first kappa shape index (κ1) is 33.2. The first-order chi connectivity index (χ1) is 16.4. The molecule has 0 aliphatic rings. The topological polar surface area (TPSA) is 193 Å². The number of carbonyl (C=O) groups excluding carboxylic acids is 3. The standard InChI is InChI=1S/C25H47NO9/c1-4-17(3)24(35-23(32)13-18(25(33)34)12-22(30)31)21(29)11-16(2)9-7-5-6-8-10-19(27)14-20(28)15-26/h16-21,24,27-29H,4-15,26H2,1-3H3,(H,30,31)(H,33,34)/p-2. The van der Waals surface area contributed by atoms with Gasteiger partial charge in [0.1, 0.15) is 6.10 Å². The van der Waals surface area contributed by atoms with Crippen molar-refractivity contribution in [3.8, 4) is 0 Å². The van der Waals surface area contributed by atoms with Crippen LogP contribution in [0.5, 0.6) is 0 Å². The van der Waals surface area contributed by atoms with Gasteiger partial charge in [0.05, 0.1) is 24.7 Å². The average molecular weight is 504 g/mol. The Morgan fingerprint density at radius 2 is 1.49 bits per heavy atom. The van der Waals surface area contributed by atoms with Gasteiger partial charge >= 0.3 is 5.97 Å². The number of aliphatic hydroxyl groups is 3. The summed E-state index contributed by atoms with van der Waals surface area (Å²) in [5.74, 6) is -5.71. The minimum absolute atomic E-state index is 0.140. The number of carboxylic acid groups (broad SMARTS) is 2. The predicted octanol–water partition coefficient (Wildman–Crippen LogP) is -0.361. The molecule has 0 aromatic carbocycles. The number of carbonyl (C=O) groups is 3. The molecule has 7 atom stereocenters. The van der Waals surface area contributed by atoms with Crippen LogP contribution in [0.4, 0.5) is 0 Å². The van der Waals surface area contributed by atoms with Crippen LogP contribution >= 0.6 is 0 Å². The Morgan fingerprint density at radius 3 is 2.00 bits per heavy atom. The van der Waals surface area contributed by atoms with E-state index in [-0.39, 0.29) is 24.8 Å². The van der Waals surface area contributed by atoms with Gasteiger partial charge in [0.15, 0.2) is 0 Å². The smallest absolute Gasteiger partial charge is 0.306 e. The molecule has 0 heterocycles. The van der Waals surface area contributed by atoms with E-state index in [1.807, 2.05) is 20.8 Å². The zero-order valence-electron chi connectivity index (χ0n) is 21.4. The molecule has 0 aliphatic heterocycles. The first-order valence-electron chi connectivity index (χ1n) is 12.8. The molecule has 0 aliphatic carbocycles. The minimum atomic E-state index is -1.66. The lowest BCUT2D eigenvalue weighted by atomic mass is 9.89. The highest BCUT2D eigenvalue weighted by Crippen LogP contribution is 2.24. The first-order valence-corrected chi connectivity index (χ1v) is 12.8. The monoisotopic (exact) mass is 503 g/mol. The number of unbranched alkanes of at least 4 members (excludes halogenated alkanes) is 3. The lowest BCUT2D eigenvalue weighted by Crippen LogP contribution is -2.40. The Hall–Kier alpha value is -1.75. The minimum Gasteiger partial charge on any atom is -0.550 e. The highest BCUT2D eigenvalue weighted by Gasteiger charge is 2.30. The van der Waals surface area contributed by atoms with E-state index >= 15 is 0 Å². The van der Waals surface area contributed by atoms with Crippen molar-refractivity contribution in [3.63, 3.8) is 0 Å². The molecule has 0 saturated carbocycles. The van der Waals surface area contributed by atoms with Crippen LogP contribution in [0, 0.1) is 17.8 Å². The molecule has 0 fully saturated rings. The Kier molecular flexibility index (Phi) is 17.6. The number of hydrogen-bond donors (Lipinski definition) is 4. The molecular weight excluding hydrogens is 458 g/mol. The lowest BCUT2D eigenvalue weighted by Gasteiger charge is -2.30. The molecule has 5 N–H and O–H groups in total. The summed E-state index contributed by atoms with van der Waals surface area (Å²) in [7, 11) is 0. The fraction of sp³-hybridized carbons (Fsp3) is 0.880. The predicted molar refractivity (Wildman–Crippen MR) is 125 cm³/mol. The van der Waals surface area contributed by atoms with Crippen LogP contribution in [-0.4, -0.2) is 64.2 Å². The van der Waals surface area contributed by atoms with Crippen molar-refractivity contribution in [2.75, 3.05) is 6.54 Å². The molecule has 0 radical (unpaired) electrons. The number of hydrogen-bond acceptors (Lipinski definition) is 10. The Balaban J connectivity index is 4.52. The fourth-order valence-electron chi connectivity index (χ4n) is 4.07. The van der Waals surface area contributed by atoms with Gasteiger partial charge in [0.2, 0.25) is 0 Å². The number of ether oxygens (including phenoxy) is 1. The summed E-state index contributed by atoms with van der Waals surface area (Å²) in [6.07, 6.45) is 2.03. The summed E-state index contributed by atoms with van der Waals surface area (Å²) in [4.78, 5) is 34.1. The maximum Gasteiger partial charge on any atom is 0.306 e. The Labute approximate surface area is 208 Å². The van der Waals surface area contributed by atoms with Gasteiger partial charge in [-0.15, -0.1) is 0 Å². The van der Waals surface area contributed by atoms with Crippen LogP contribution in [0.15, 0.2) is 0 Å². The second-order valence-electron chi connectivity index (χ2n) is 9.82. The van der Waals surface area contributed by atoms with Gasteiger partial charge in [-0.2, -0.15) is 0 Å². The Bertz CT molecular complexity index is 616. The highest BCUT2D eigenvalue weighted by molar-refractivity contribution is 5.81. The molecule has 10 nitrogen and oxygen atoms in total. The quantitative estimate of drug-likeness (QED) is 0.119. The number of carboxylic acids is 2. The van der Waals surface area contributed by atoms with Crippen molar-refractivity contribution in [1.82, 2.24) is 0 Å². The van der Waals surface area contributed by atoms with E-state index in [0.29, 0.717) is 19.3 Å². The third-order valence-electron chi connectivity index (χ3n) is 6.46. The van der Waals surface area contributed by atoms with E-state index < -0.39 is 61.1 Å². The molecule has 0 spiro atoms.